The van der Waals surface area contributed by atoms with E-state index in [0.29, 0.717) is 12.3 Å². The molecule has 0 amide bonds. The summed E-state index contributed by atoms with van der Waals surface area (Å²) in [6, 6.07) is 3.91. The fourth-order valence-electron chi connectivity index (χ4n) is 1.51. The second kappa shape index (κ2) is 5.38. The maximum absolute atomic E-state index is 9.88. The molecule has 0 spiro atoms. The van der Waals surface area contributed by atoms with Gasteiger partial charge in [-0.1, -0.05) is 0 Å². The van der Waals surface area contributed by atoms with Crippen molar-refractivity contribution in [1.82, 2.24) is 0 Å². The monoisotopic (exact) mass is 228 g/mol. The first-order valence-corrected chi connectivity index (χ1v) is 5.52. The number of alkyl halides is 1. The summed E-state index contributed by atoms with van der Waals surface area (Å²) in [7, 11) is 1.61. The SMILES string of the molecule is COc1cc(C)c(C)cc1C(O)CCCl. The third-order valence-corrected chi connectivity index (χ3v) is 2.81. The summed E-state index contributed by atoms with van der Waals surface area (Å²) in [5, 5.41) is 9.88. The van der Waals surface area contributed by atoms with Gasteiger partial charge < -0.3 is 9.84 Å². The average molecular weight is 229 g/mol. The highest BCUT2D eigenvalue weighted by Crippen LogP contribution is 2.30. The fraction of sp³-hybridized carbons (Fsp3) is 0.500. The zero-order valence-corrected chi connectivity index (χ0v) is 10.1. The number of methoxy groups -OCH3 is 1. The lowest BCUT2D eigenvalue weighted by Gasteiger charge is -2.16. The van der Waals surface area contributed by atoms with Crippen LogP contribution in [0.5, 0.6) is 5.75 Å². The molecule has 0 radical (unpaired) electrons. The average Bonchev–Trinajstić information content (AvgIpc) is 2.21. The third-order valence-electron chi connectivity index (χ3n) is 2.59. The predicted molar refractivity (Wildman–Crippen MR) is 62.8 cm³/mol. The van der Waals surface area contributed by atoms with Crippen LogP contribution in [0.25, 0.3) is 0 Å². The first kappa shape index (κ1) is 12.3. The summed E-state index contributed by atoms with van der Waals surface area (Å²) in [6.45, 7) is 4.04. The lowest BCUT2D eigenvalue weighted by atomic mass is 10.00. The number of aliphatic hydroxyl groups is 1. The Balaban J connectivity index is 3.09. The third kappa shape index (κ3) is 2.86. The van der Waals surface area contributed by atoms with Crippen molar-refractivity contribution in [2.24, 2.45) is 0 Å². The van der Waals surface area contributed by atoms with E-state index in [0.717, 1.165) is 22.4 Å². The van der Waals surface area contributed by atoms with Gasteiger partial charge in [-0.3, -0.25) is 0 Å². The number of aryl methyl sites for hydroxylation is 2. The molecule has 1 atom stereocenters. The Bertz CT molecular complexity index is 337. The zero-order chi connectivity index (χ0) is 11.4. The van der Waals surface area contributed by atoms with E-state index < -0.39 is 6.10 Å². The first-order chi connectivity index (χ1) is 7.10. The van der Waals surface area contributed by atoms with Crippen LogP contribution in [0.1, 0.15) is 29.2 Å². The largest absolute Gasteiger partial charge is 0.496 e. The summed E-state index contributed by atoms with van der Waals surface area (Å²) in [6.07, 6.45) is -0.00260. The summed E-state index contributed by atoms with van der Waals surface area (Å²) in [4.78, 5) is 0. The summed E-state index contributed by atoms with van der Waals surface area (Å²) < 4.78 is 5.25. The Morgan fingerprint density at radius 2 is 1.93 bits per heavy atom. The topological polar surface area (TPSA) is 29.5 Å². The molecule has 1 rings (SSSR count). The lowest BCUT2D eigenvalue weighted by Crippen LogP contribution is -2.02. The molecule has 0 bridgehead atoms. The number of rotatable bonds is 4. The van der Waals surface area contributed by atoms with Crippen molar-refractivity contribution in [2.45, 2.75) is 26.4 Å². The fourth-order valence-corrected chi connectivity index (χ4v) is 1.71. The normalized spacial score (nSPS) is 12.6. The Kier molecular flexibility index (Phi) is 4.43. The van der Waals surface area contributed by atoms with E-state index in [-0.39, 0.29) is 0 Å². The van der Waals surface area contributed by atoms with Crippen LogP contribution in [0, 0.1) is 13.8 Å². The summed E-state index contributed by atoms with van der Waals surface area (Å²) >= 11 is 5.61. The molecule has 1 N–H and O–H groups in total. The van der Waals surface area contributed by atoms with Gasteiger partial charge in [-0.05, 0) is 43.5 Å². The molecule has 0 heterocycles. The van der Waals surface area contributed by atoms with Crippen molar-refractivity contribution in [1.29, 1.82) is 0 Å². The summed E-state index contributed by atoms with van der Waals surface area (Å²) in [5.74, 6) is 1.17. The molecule has 15 heavy (non-hydrogen) atoms. The van der Waals surface area contributed by atoms with E-state index in [1.165, 1.54) is 0 Å². The first-order valence-electron chi connectivity index (χ1n) is 4.99. The molecule has 0 saturated heterocycles. The van der Waals surface area contributed by atoms with Crippen LogP contribution in [-0.4, -0.2) is 18.1 Å². The molecule has 1 unspecified atom stereocenters. The molecule has 0 aromatic heterocycles. The van der Waals surface area contributed by atoms with Crippen LogP contribution >= 0.6 is 11.6 Å². The molecule has 1 aromatic rings. The molecular weight excluding hydrogens is 212 g/mol. The van der Waals surface area contributed by atoms with Crippen molar-refractivity contribution >= 4 is 11.6 Å². The minimum Gasteiger partial charge on any atom is -0.496 e. The van der Waals surface area contributed by atoms with Crippen LogP contribution in [0.3, 0.4) is 0 Å². The molecule has 0 saturated carbocycles. The highest BCUT2D eigenvalue weighted by atomic mass is 35.5. The number of hydrogen-bond donors (Lipinski definition) is 1. The van der Waals surface area contributed by atoms with Crippen molar-refractivity contribution in [3.05, 3.63) is 28.8 Å². The minimum absolute atomic E-state index is 0.442. The van der Waals surface area contributed by atoms with Crippen LogP contribution in [0.4, 0.5) is 0 Å². The molecular formula is C12H17ClO2. The molecule has 0 fully saturated rings. The van der Waals surface area contributed by atoms with Gasteiger partial charge in [-0.2, -0.15) is 0 Å². The van der Waals surface area contributed by atoms with Gasteiger partial charge in [-0.15, -0.1) is 11.6 Å². The van der Waals surface area contributed by atoms with Gasteiger partial charge in [0.15, 0.2) is 0 Å². The van der Waals surface area contributed by atoms with Gasteiger partial charge in [0, 0.05) is 11.4 Å². The van der Waals surface area contributed by atoms with Crippen molar-refractivity contribution < 1.29 is 9.84 Å². The molecule has 3 heteroatoms. The lowest BCUT2D eigenvalue weighted by molar-refractivity contribution is 0.170. The number of ether oxygens (including phenoxy) is 1. The Hall–Kier alpha value is -0.730. The second-order valence-electron chi connectivity index (χ2n) is 3.67. The van der Waals surface area contributed by atoms with Crippen molar-refractivity contribution in [2.75, 3.05) is 13.0 Å². The molecule has 0 aliphatic heterocycles. The van der Waals surface area contributed by atoms with Crippen LogP contribution in [0.15, 0.2) is 12.1 Å². The molecule has 0 aliphatic carbocycles. The quantitative estimate of drug-likeness (QED) is 0.803. The van der Waals surface area contributed by atoms with Crippen molar-refractivity contribution in [3.8, 4) is 5.75 Å². The second-order valence-corrected chi connectivity index (χ2v) is 4.05. The van der Waals surface area contributed by atoms with Gasteiger partial charge in [0.05, 0.1) is 13.2 Å². The van der Waals surface area contributed by atoms with E-state index >= 15 is 0 Å². The molecule has 84 valence electrons. The van der Waals surface area contributed by atoms with Gasteiger partial charge in [0.2, 0.25) is 0 Å². The Morgan fingerprint density at radius 1 is 1.33 bits per heavy atom. The minimum atomic E-state index is -0.545. The van der Waals surface area contributed by atoms with Gasteiger partial charge in [0.25, 0.3) is 0 Å². The van der Waals surface area contributed by atoms with Gasteiger partial charge >= 0.3 is 0 Å². The Labute approximate surface area is 95.8 Å². The van der Waals surface area contributed by atoms with Crippen molar-refractivity contribution in [3.63, 3.8) is 0 Å². The Morgan fingerprint density at radius 3 is 2.47 bits per heavy atom. The number of benzene rings is 1. The van der Waals surface area contributed by atoms with Gasteiger partial charge in [0.1, 0.15) is 5.75 Å². The van der Waals surface area contributed by atoms with E-state index in [2.05, 4.69) is 0 Å². The number of halogens is 1. The van der Waals surface area contributed by atoms with E-state index in [1.807, 2.05) is 26.0 Å². The maximum Gasteiger partial charge on any atom is 0.124 e. The molecule has 0 aliphatic rings. The van der Waals surface area contributed by atoms with Crippen LogP contribution < -0.4 is 4.74 Å². The predicted octanol–water partition coefficient (Wildman–Crippen LogP) is 2.97. The standard InChI is InChI=1S/C12H17ClO2/c1-8-6-10(11(14)4-5-13)12(15-3)7-9(8)2/h6-7,11,14H,4-5H2,1-3H3. The number of hydrogen-bond acceptors (Lipinski definition) is 2. The number of aliphatic hydroxyl groups excluding tert-OH is 1. The highest BCUT2D eigenvalue weighted by molar-refractivity contribution is 6.17. The smallest absolute Gasteiger partial charge is 0.124 e. The van der Waals surface area contributed by atoms with E-state index in [9.17, 15) is 5.11 Å². The van der Waals surface area contributed by atoms with E-state index in [1.54, 1.807) is 7.11 Å². The maximum atomic E-state index is 9.88. The van der Waals surface area contributed by atoms with Gasteiger partial charge in [-0.25, -0.2) is 0 Å². The van der Waals surface area contributed by atoms with Crippen LogP contribution in [-0.2, 0) is 0 Å². The molecule has 1 aromatic carbocycles. The molecule has 2 nitrogen and oxygen atoms in total. The van der Waals surface area contributed by atoms with Crippen LogP contribution in [0.2, 0.25) is 0 Å². The summed E-state index contributed by atoms with van der Waals surface area (Å²) in [5.41, 5.74) is 3.13. The highest BCUT2D eigenvalue weighted by Gasteiger charge is 2.13. The zero-order valence-electron chi connectivity index (χ0n) is 9.38. The van der Waals surface area contributed by atoms with E-state index in [4.69, 9.17) is 16.3 Å².